The van der Waals surface area contributed by atoms with Crippen LogP contribution in [0, 0.1) is 11.8 Å². The summed E-state index contributed by atoms with van der Waals surface area (Å²) in [5, 5.41) is 3.75. The molecule has 0 aromatic heterocycles. The first kappa shape index (κ1) is 23.1. The molecule has 2 rings (SSSR count). The monoisotopic (exact) mass is 385 g/mol. The molecule has 2 unspecified atom stereocenters. The number of halogens is 1. The number of hydrogen-bond donors (Lipinski definition) is 1. The lowest BCUT2D eigenvalue weighted by molar-refractivity contribution is -0.0992. The Labute approximate surface area is 165 Å². The molecule has 1 aromatic rings. The largest absolute Gasteiger partial charge is 0.493 e. The van der Waals surface area contributed by atoms with Crippen LogP contribution in [0.15, 0.2) is 18.2 Å². The van der Waals surface area contributed by atoms with Gasteiger partial charge in [-0.1, -0.05) is 33.8 Å². The molecule has 0 spiro atoms. The Balaban J connectivity index is 0.00000338. The molecule has 0 aliphatic carbocycles. The molecule has 26 heavy (non-hydrogen) atoms. The summed E-state index contributed by atoms with van der Waals surface area (Å²) < 4.78 is 17.0. The Morgan fingerprint density at radius 1 is 1.00 bits per heavy atom. The second-order valence-electron chi connectivity index (χ2n) is 7.76. The Hall–Kier alpha value is -0.970. The summed E-state index contributed by atoms with van der Waals surface area (Å²) in [4.78, 5) is 0. The van der Waals surface area contributed by atoms with E-state index in [1.165, 1.54) is 5.56 Å². The molecule has 1 saturated heterocycles. The van der Waals surface area contributed by atoms with Gasteiger partial charge < -0.3 is 19.5 Å². The van der Waals surface area contributed by atoms with Crippen molar-refractivity contribution in [1.82, 2.24) is 5.32 Å². The fourth-order valence-electron chi connectivity index (χ4n) is 3.47. The fourth-order valence-corrected chi connectivity index (χ4v) is 3.47. The van der Waals surface area contributed by atoms with Gasteiger partial charge in [0.2, 0.25) is 0 Å². The van der Waals surface area contributed by atoms with Crippen LogP contribution >= 0.6 is 12.4 Å². The van der Waals surface area contributed by atoms with Crippen LogP contribution in [0.5, 0.6) is 11.5 Å². The van der Waals surface area contributed by atoms with Crippen molar-refractivity contribution in [3.05, 3.63) is 23.8 Å². The average molecular weight is 386 g/mol. The summed E-state index contributed by atoms with van der Waals surface area (Å²) in [6.45, 7) is 10.0. The van der Waals surface area contributed by atoms with Gasteiger partial charge in [-0.3, -0.25) is 0 Å². The smallest absolute Gasteiger partial charge is 0.160 e. The van der Waals surface area contributed by atoms with Gasteiger partial charge in [-0.05, 0) is 55.3 Å². The molecule has 2 atom stereocenters. The molecule has 0 radical (unpaired) electrons. The summed E-state index contributed by atoms with van der Waals surface area (Å²) in [6, 6.07) is 6.69. The van der Waals surface area contributed by atoms with Gasteiger partial charge in [-0.15, -0.1) is 12.4 Å². The molecule has 0 bridgehead atoms. The molecule has 1 aliphatic rings. The van der Waals surface area contributed by atoms with E-state index in [9.17, 15) is 0 Å². The van der Waals surface area contributed by atoms with Gasteiger partial charge in [0.1, 0.15) is 0 Å². The third kappa shape index (κ3) is 6.33. The molecule has 1 heterocycles. The van der Waals surface area contributed by atoms with Crippen LogP contribution in [0.3, 0.4) is 0 Å². The van der Waals surface area contributed by atoms with Crippen molar-refractivity contribution < 1.29 is 14.2 Å². The van der Waals surface area contributed by atoms with E-state index in [-0.39, 0.29) is 12.4 Å². The van der Waals surface area contributed by atoms with Crippen molar-refractivity contribution in [3.8, 4) is 11.5 Å². The van der Waals surface area contributed by atoms with Crippen LogP contribution < -0.4 is 14.8 Å². The van der Waals surface area contributed by atoms with Crippen molar-refractivity contribution in [1.29, 1.82) is 0 Å². The van der Waals surface area contributed by atoms with E-state index < -0.39 is 0 Å². The SMILES string of the molecule is COc1ccc(CCNC2CC(C(C)C)OC(C(C)C)C2)cc1OC.Cl. The number of methoxy groups -OCH3 is 2. The number of benzene rings is 1. The highest BCUT2D eigenvalue weighted by atomic mass is 35.5. The summed E-state index contributed by atoms with van der Waals surface area (Å²) in [7, 11) is 3.35. The zero-order valence-corrected chi connectivity index (χ0v) is 17.9. The minimum atomic E-state index is 0. The van der Waals surface area contributed by atoms with Gasteiger partial charge in [0.05, 0.1) is 26.4 Å². The Bertz CT molecular complexity index is 520. The van der Waals surface area contributed by atoms with Gasteiger partial charge in [0, 0.05) is 6.04 Å². The van der Waals surface area contributed by atoms with Gasteiger partial charge in [-0.2, -0.15) is 0 Å². The highest BCUT2D eigenvalue weighted by Gasteiger charge is 2.32. The first-order valence-electron chi connectivity index (χ1n) is 9.54. The zero-order chi connectivity index (χ0) is 18.4. The Morgan fingerprint density at radius 2 is 1.58 bits per heavy atom. The minimum Gasteiger partial charge on any atom is -0.493 e. The predicted molar refractivity (Wildman–Crippen MR) is 110 cm³/mol. The summed E-state index contributed by atoms with van der Waals surface area (Å²) in [5.41, 5.74) is 1.26. The van der Waals surface area contributed by atoms with Gasteiger partial charge in [-0.25, -0.2) is 0 Å². The summed E-state index contributed by atoms with van der Waals surface area (Å²) in [6.07, 6.45) is 3.91. The molecule has 0 amide bonds. The molecule has 1 fully saturated rings. The van der Waals surface area contributed by atoms with Crippen molar-refractivity contribution in [2.24, 2.45) is 11.8 Å². The lowest BCUT2D eigenvalue weighted by Gasteiger charge is -2.39. The third-order valence-electron chi connectivity index (χ3n) is 5.17. The van der Waals surface area contributed by atoms with Gasteiger partial charge in [0.15, 0.2) is 11.5 Å². The van der Waals surface area contributed by atoms with Crippen LogP contribution in [-0.4, -0.2) is 39.0 Å². The maximum atomic E-state index is 6.29. The average Bonchev–Trinajstić information content (AvgIpc) is 2.61. The lowest BCUT2D eigenvalue weighted by Crippen LogP contribution is -2.46. The molecule has 1 aliphatic heterocycles. The quantitative estimate of drug-likeness (QED) is 0.715. The topological polar surface area (TPSA) is 39.7 Å². The molecule has 1 aromatic carbocycles. The fraction of sp³-hybridized carbons (Fsp3) is 0.714. The number of nitrogens with one attached hydrogen (secondary N) is 1. The highest BCUT2D eigenvalue weighted by molar-refractivity contribution is 5.85. The van der Waals surface area contributed by atoms with E-state index >= 15 is 0 Å². The van der Waals surface area contributed by atoms with E-state index in [2.05, 4.69) is 45.1 Å². The van der Waals surface area contributed by atoms with E-state index in [0.717, 1.165) is 37.3 Å². The standard InChI is InChI=1S/C21H35NO3.ClH/c1-14(2)19-12-17(13-20(25-19)15(3)4)22-10-9-16-7-8-18(23-5)21(11-16)24-6;/h7-8,11,14-15,17,19-20,22H,9-10,12-13H2,1-6H3;1H. The van der Waals surface area contributed by atoms with Crippen LogP contribution in [-0.2, 0) is 11.2 Å². The number of hydrogen-bond acceptors (Lipinski definition) is 4. The van der Waals surface area contributed by atoms with Crippen molar-refractivity contribution in [2.75, 3.05) is 20.8 Å². The van der Waals surface area contributed by atoms with E-state index in [1.54, 1.807) is 14.2 Å². The van der Waals surface area contributed by atoms with Crippen LogP contribution in [0.1, 0.15) is 46.1 Å². The molecule has 4 nitrogen and oxygen atoms in total. The normalized spacial score (nSPS) is 23.0. The van der Waals surface area contributed by atoms with Gasteiger partial charge in [0.25, 0.3) is 0 Å². The van der Waals surface area contributed by atoms with E-state index in [4.69, 9.17) is 14.2 Å². The molecule has 0 saturated carbocycles. The third-order valence-corrected chi connectivity index (χ3v) is 5.17. The highest BCUT2D eigenvalue weighted by Crippen LogP contribution is 2.29. The molecular weight excluding hydrogens is 350 g/mol. The molecule has 150 valence electrons. The zero-order valence-electron chi connectivity index (χ0n) is 17.1. The second kappa shape index (κ2) is 11.0. The van der Waals surface area contributed by atoms with Crippen molar-refractivity contribution >= 4 is 12.4 Å². The lowest BCUT2D eigenvalue weighted by atomic mass is 9.88. The molecule has 1 N–H and O–H groups in total. The minimum absolute atomic E-state index is 0. The van der Waals surface area contributed by atoms with Crippen molar-refractivity contribution in [2.45, 2.75) is 65.2 Å². The van der Waals surface area contributed by atoms with Crippen LogP contribution in [0.4, 0.5) is 0 Å². The summed E-state index contributed by atoms with van der Waals surface area (Å²) in [5.74, 6) is 2.71. The number of ether oxygens (including phenoxy) is 3. The molecular formula is C21H36ClNO3. The van der Waals surface area contributed by atoms with E-state index in [1.807, 2.05) is 6.07 Å². The Kier molecular flexibility index (Phi) is 9.77. The maximum absolute atomic E-state index is 6.29. The first-order chi connectivity index (χ1) is 11.9. The maximum Gasteiger partial charge on any atom is 0.160 e. The summed E-state index contributed by atoms with van der Waals surface area (Å²) >= 11 is 0. The Morgan fingerprint density at radius 3 is 2.08 bits per heavy atom. The van der Waals surface area contributed by atoms with E-state index in [0.29, 0.717) is 30.1 Å². The second-order valence-corrected chi connectivity index (χ2v) is 7.76. The van der Waals surface area contributed by atoms with Crippen LogP contribution in [0.25, 0.3) is 0 Å². The molecule has 5 heteroatoms. The first-order valence-corrected chi connectivity index (χ1v) is 9.54. The van der Waals surface area contributed by atoms with Crippen molar-refractivity contribution in [3.63, 3.8) is 0 Å². The van der Waals surface area contributed by atoms with Gasteiger partial charge >= 0.3 is 0 Å². The number of rotatable bonds is 8. The predicted octanol–water partition coefficient (Wildman–Crippen LogP) is 4.49. The van der Waals surface area contributed by atoms with Crippen LogP contribution in [0.2, 0.25) is 0 Å².